The van der Waals surface area contributed by atoms with E-state index in [1.165, 1.54) is 11.6 Å². The molecule has 0 aliphatic carbocycles. The number of benzene rings is 3. The molecule has 4 aromatic rings. The SMILES string of the molecule is CC(=O)Nc1cccc(NC(=O)CSc2nnc(N/N=C/c3ccccc3OCc3ccccc3Cl)n2N)c1. The van der Waals surface area contributed by atoms with Crippen molar-refractivity contribution in [2.45, 2.75) is 18.7 Å². The molecule has 4 rings (SSSR count). The highest BCUT2D eigenvalue weighted by molar-refractivity contribution is 7.99. The molecule has 1 aromatic heterocycles. The lowest BCUT2D eigenvalue weighted by Crippen LogP contribution is -2.17. The Hall–Kier alpha value is -4.55. The van der Waals surface area contributed by atoms with Gasteiger partial charge < -0.3 is 21.2 Å². The first-order valence-electron chi connectivity index (χ1n) is 11.6. The summed E-state index contributed by atoms with van der Waals surface area (Å²) in [6, 6.07) is 21.7. The van der Waals surface area contributed by atoms with Crippen LogP contribution in [0.25, 0.3) is 0 Å². The van der Waals surface area contributed by atoms with Gasteiger partial charge in [-0.3, -0.25) is 9.59 Å². The minimum Gasteiger partial charge on any atom is -0.488 e. The van der Waals surface area contributed by atoms with Gasteiger partial charge in [0, 0.05) is 34.4 Å². The second kappa shape index (κ2) is 13.3. The Morgan fingerprint density at radius 1 is 1.05 bits per heavy atom. The number of anilines is 3. The number of hydrazone groups is 1. The lowest BCUT2D eigenvalue weighted by atomic mass is 10.2. The van der Waals surface area contributed by atoms with Crippen molar-refractivity contribution in [3.05, 3.63) is 88.9 Å². The molecule has 0 radical (unpaired) electrons. The van der Waals surface area contributed by atoms with Crippen LogP contribution < -0.4 is 26.6 Å². The maximum Gasteiger partial charge on any atom is 0.264 e. The Bertz CT molecular complexity index is 1490. The third kappa shape index (κ3) is 7.97. The number of aromatic nitrogens is 3. The Morgan fingerprint density at radius 3 is 2.59 bits per heavy atom. The van der Waals surface area contributed by atoms with Gasteiger partial charge in [-0.25, -0.2) is 10.1 Å². The van der Waals surface area contributed by atoms with Crippen LogP contribution in [0.2, 0.25) is 5.02 Å². The monoisotopic (exact) mass is 564 g/mol. The van der Waals surface area contributed by atoms with E-state index in [-0.39, 0.29) is 23.5 Å². The van der Waals surface area contributed by atoms with Crippen LogP contribution in [0, 0.1) is 0 Å². The molecule has 0 saturated heterocycles. The van der Waals surface area contributed by atoms with Crippen molar-refractivity contribution in [3.63, 3.8) is 0 Å². The van der Waals surface area contributed by atoms with E-state index in [9.17, 15) is 9.59 Å². The summed E-state index contributed by atoms with van der Waals surface area (Å²) in [7, 11) is 0. The molecular formula is C26H25ClN8O3S. The number of nitrogens with zero attached hydrogens (tertiary/aromatic N) is 4. The van der Waals surface area contributed by atoms with Gasteiger partial charge in [0.05, 0.1) is 12.0 Å². The molecule has 3 aromatic carbocycles. The number of hydrogen-bond acceptors (Lipinski definition) is 9. The predicted octanol–water partition coefficient (Wildman–Crippen LogP) is 4.36. The molecule has 5 N–H and O–H groups in total. The summed E-state index contributed by atoms with van der Waals surface area (Å²) in [6.07, 6.45) is 1.58. The molecule has 39 heavy (non-hydrogen) atoms. The van der Waals surface area contributed by atoms with Gasteiger partial charge >= 0.3 is 0 Å². The van der Waals surface area contributed by atoms with Crippen molar-refractivity contribution in [1.82, 2.24) is 14.9 Å². The highest BCUT2D eigenvalue weighted by atomic mass is 35.5. The van der Waals surface area contributed by atoms with Crippen LogP contribution >= 0.6 is 23.4 Å². The van der Waals surface area contributed by atoms with Crippen molar-refractivity contribution in [2.75, 3.05) is 27.7 Å². The quantitative estimate of drug-likeness (QED) is 0.0908. The number of nitrogens with one attached hydrogen (secondary N) is 3. The normalized spacial score (nSPS) is 10.8. The van der Waals surface area contributed by atoms with Crippen LogP contribution in [0.4, 0.5) is 17.3 Å². The average molecular weight is 565 g/mol. The molecule has 200 valence electrons. The zero-order chi connectivity index (χ0) is 27.6. The van der Waals surface area contributed by atoms with Gasteiger partial charge in [0.2, 0.25) is 17.0 Å². The van der Waals surface area contributed by atoms with E-state index in [0.29, 0.717) is 33.9 Å². The lowest BCUT2D eigenvalue weighted by molar-refractivity contribution is -0.114. The number of carbonyl (C=O) groups excluding carboxylic acids is 2. The van der Waals surface area contributed by atoms with Crippen molar-refractivity contribution in [2.24, 2.45) is 5.10 Å². The highest BCUT2D eigenvalue weighted by Crippen LogP contribution is 2.22. The fraction of sp³-hybridized carbons (Fsp3) is 0.115. The number of hydrogen-bond donors (Lipinski definition) is 4. The first-order chi connectivity index (χ1) is 18.9. The van der Waals surface area contributed by atoms with Crippen LogP contribution in [-0.4, -0.2) is 38.7 Å². The number of thioether (sulfide) groups is 1. The largest absolute Gasteiger partial charge is 0.488 e. The number of ether oxygens (including phenoxy) is 1. The molecule has 0 saturated carbocycles. The molecule has 13 heteroatoms. The van der Waals surface area contributed by atoms with Gasteiger partial charge in [0.25, 0.3) is 5.95 Å². The fourth-order valence-electron chi connectivity index (χ4n) is 3.31. The lowest BCUT2D eigenvalue weighted by Gasteiger charge is -2.10. The number of carbonyl (C=O) groups is 2. The highest BCUT2D eigenvalue weighted by Gasteiger charge is 2.13. The molecule has 0 spiro atoms. The van der Waals surface area contributed by atoms with E-state index in [1.807, 2.05) is 48.5 Å². The third-order valence-electron chi connectivity index (χ3n) is 5.09. The Kier molecular flexibility index (Phi) is 9.38. The van der Waals surface area contributed by atoms with Gasteiger partial charge in [0.1, 0.15) is 12.4 Å². The predicted molar refractivity (Wildman–Crippen MR) is 154 cm³/mol. The molecule has 0 aliphatic heterocycles. The van der Waals surface area contributed by atoms with Crippen LogP contribution in [-0.2, 0) is 16.2 Å². The summed E-state index contributed by atoms with van der Waals surface area (Å²) in [5.74, 6) is 6.45. The minimum atomic E-state index is -0.274. The van der Waals surface area contributed by atoms with Gasteiger partial charge in [-0.15, -0.1) is 10.2 Å². The number of nitrogens with two attached hydrogens (primary N) is 1. The summed E-state index contributed by atoms with van der Waals surface area (Å²) in [5.41, 5.74) is 5.49. The van der Waals surface area contributed by atoms with Gasteiger partial charge in [-0.05, 0) is 36.4 Å². The van der Waals surface area contributed by atoms with E-state index in [0.717, 1.165) is 22.9 Å². The Morgan fingerprint density at radius 2 is 1.79 bits per heavy atom. The summed E-state index contributed by atoms with van der Waals surface area (Å²) >= 11 is 7.32. The number of nitrogen functional groups attached to an aromatic ring is 1. The standard InChI is InChI=1S/C26H25ClN8O3S/c1-17(36)30-20-9-6-10-21(13-20)31-24(37)16-39-26-34-33-25(35(26)28)32-29-14-18-7-3-5-12-23(18)38-15-19-8-2-4-11-22(19)27/h2-14H,15-16,28H2,1H3,(H,30,36)(H,31,37)(H,32,33)/b29-14+. The van der Waals surface area contributed by atoms with Crippen molar-refractivity contribution >= 4 is 58.7 Å². The van der Waals surface area contributed by atoms with Crippen LogP contribution in [0.15, 0.2) is 83.1 Å². The van der Waals surface area contributed by atoms with Crippen molar-refractivity contribution in [1.29, 1.82) is 0 Å². The first kappa shape index (κ1) is 27.5. The molecule has 0 unspecified atom stereocenters. The Balaban J connectivity index is 1.30. The number of halogens is 1. The molecule has 2 amide bonds. The summed E-state index contributed by atoms with van der Waals surface area (Å²) in [5, 5.41) is 18.6. The Labute approximate surface area is 233 Å². The van der Waals surface area contributed by atoms with Crippen molar-refractivity contribution in [3.8, 4) is 5.75 Å². The van der Waals surface area contributed by atoms with Gasteiger partial charge in [0.15, 0.2) is 0 Å². The second-order valence-electron chi connectivity index (χ2n) is 8.06. The zero-order valence-electron chi connectivity index (χ0n) is 20.8. The van der Waals surface area contributed by atoms with Gasteiger partial charge in [-0.2, -0.15) is 5.10 Å². The van der Waals surface area contributed by atoms with E-state index in [1.54, 1.807) is 30.5 Å². The minimum absolute atomic E-state index is 0.0408. The molecular weight excluding hydrogens is 540 g/mol. The average Bonchev–Trinajstić information content (AvgIpc) is 3.26. The molecule has 0 atom stereocenters. The fourth-order valence-corrected chi connectivity index (χ4v) is 4.15. The maximum absolute atomic E-state index is 12.4. The molecule has 1 heterocycles. The van der Waals surface area contributed by atoms with E-state index in [4.69, 9.17) is 22.2 Å². The van der Waals surface area contributed by atoms with Crippen LogP contribution in [0.3, 0.4) is 0 Å². The van der Waals surface area contributed by atoms with E-state index >= 15 is 0 Å². The molecule has 0 bridgehead atoms. The van der Waals surface area contributed by atoms with Gasteiger partial charge in [-0.1, -0.05) is 59.8 Å². The molecule has 0 fully saturated rings. The summed E-state index contributed by atoms with van der Waals surface area (Å²) in [6.45, 7) is 1.72. The molecule has 11 nitrogen and oxygen atoms in total. The first-order valence-corrected chi connectivity index (χ1v) is 13.0. The van der Waals surface area contributed by atoms with Crippen LogP contribution in [0.5, 0.6) is 5.75 Å². The van der Waals surface area contributed by atoms with E-state index in [2.05, 4.69) is 31.4 Å². The number of rotatable bonds is 11. The van der Waals surface area contributed by atoms with Crippen LogP contribution in [0.1, 0.15) is 18.1 Å². The zero-order valence-corrected chi connectivity index (χ0v) is 22.4. The van der Waals surface area contributed by atoms with Crippen molar-refractivity contribution < 1.29 is 14.3 Å². The third-order valence-corrected chi connectivity index (χ3v) is 6.40. The number of amides is 2. The topological polar surface area (TPSA) is 149 Å². The summed E-state index contributed by atoms with van der Waals surface area (Å²) in [4.78, 5) is 23.6. The van der Waals surface area contributed by atoms with E-state index < -0.39 is 0 Å². The second-order valence-corrected chi connectivity index (χ2v) is 9.41. The smallest absolute Gasteiger partial charge is 0.264 e. The molecule has 0 aliphatic rings. The summed E-state index contributed by atoms with van der Waals surface area (Å²) < 4.78 is 7.13. The maximum atomic E-state index is 12.4. The number of para-hydroxylation sites is 1.